The zero-order chi connectivity index (χ0) is 15.6. The molecule has 2 atom stereocenters. The van der Waals surface area contributed by atoms with E-state index >= 15 is 0 Å². The van der Waals surface area contributed by atoms with Crippen molar-refractivity contribution in [1.29, 1.82) is 0 Å². The number of hydrogen-bond donors (Lipinski definition) is 0. The van der Waals surface area contributed by atoms with Crippen LogP contribution in [0.5, 0.6) is 0 Å². The van der Waals surface area contributed by atoms with E-state index in [0.29, 0.717) is 26.3 Å². The molecule has 1 amide bonds. The van der Waals surface area contributed by atoms with Crippen molar-refractivity contribution >= 4 is 17.2 Å². The lowest BCUT2D eigenvalue weighted by Crippen LogP contribution is -2.47. The summed E-state index contributed by atoms with van der Waals surface area (Å²) in [6, 6.07) is 1.88. The Kier molecular flexibility index (Phi) is 4.82. The largest absolute Gasteiger partial charge is 0.377 e. The predicted molar refractivity (Wildman–Crippen MR) is 86.4 cm³/mol. The van der Waals surface area contributed by atoms with Gasteiger partial charge in [-0.05, 0) is 38.4 Å². The van der Waals surface area contributed by atoms with E-state index in [1.165, 1.54) is 0 Å². The van der Waals surface area contributed by atoms with Gasteiger partial charge in [0.25, 0.3) is 5.91 Å². The van der Waals surface area contributed by atoms with Crippen LogP contribution in [-0.4, -0.2) is 74.4 Å². The second kappa shape index (κ2) is 6.66. The summed E-state index contributed by atoms with van der Waals surface area (Å²) in [6.45, 7) is 3.35. The third-order valence-corrected chi connectivity index (χ3v) is 5.00. The third kappa shape index (κ3) is 3.51. The van der Waals surface area contributed by atoms with Crippen molar-refractivity contribution < 1.29 is 14.3 Å². The fourth-order valence-corrected chi connectivity index (χ4v) is 3.93. The summed E-state index contributed by atoms with van der Waals surface area (Å²) in [4.78, 5) is 16.7. The van der Waals surface area contributed by atoms with E-state index in [2.05, 4.69) is 19.0 Å². The summed E-state index contributed by atoms with van der Waals surface area (Å²) >= 11 is 1.55. The van der Waals surface area contributed by atoms with Crippen LogP contribution in [0.15, 0.2) is 16.8 Å². The van der Waals surface area contributed by atoms with E-state index in [1.807, 2.05) is 21.7 Å². The van der Waals surface area contributed by atoms with Crippen LogP contribution in [0.2, 0.25) is 0 Å². The van der Waals surface area contributed by atoms with Crippen LogP contribution in [0.3, 0.4) is 0 Å². The van der Waals surface area contributed by atoms with Crippen molar-refractivity contribution in [1.82, 2.24) is 9.80 Å². The van der Waals surface area contributed by atoms with Crippen LogP contribution < -0.4 is 0 Å². The number of thiophene rings is 1. The Bertz CT molecular complexity index is 505. The van der Waals surface area contributed by atoms with Gasteiger partial charge in [-0.1, -0.05) is 0 Å². The maximum Gasteiger partial charge on any atom is 0.254 e. The summed E-state index contributed by atoms with van der Waals surface area (Å²) in [5.41, 5.74) is 0.438. The molecule has 6 heteroatoms. The number of amides is 1. The van der Waals surface area contributed by atoms with Crippen LogP contribution in [0, 0.1) is 0 Å². The van der Waals surface area contributed by atoms with Crippen LogP contribution in [0.1, 0.15) is 23.2 Å². The third-order valence-electron chi connectivity index (χ3n) is 4.31. The molecule has 22 heavy (non-hydrogen) atoms. The van der Waals surface area contributed by atoms with Crippen molar-refractivity contribution in [2.24, 2.45) is 0 Å². The van der Waals surface area contributed by atoms with Gasteiger partial charge in [-0.2, -0.15) is 11.3 Å². The van der Waals surface area contributed by atoms with Crippen LogP contribution in [-0.2, 0) is 9.47 Å². The van der Waals surface area contributed by atoms with Gasteiger partial charge in [0.05, 0.1) is 31.4 Å². The Hall–Kier alpha value is -0.950. The first-order valence-corrected chi connectivity index (χ1v) is 8.74. The summed E-state index contributed by atoms with van der Waals surface area (Å²) in [5, 5.41) is 3.85. The van der Waals surface area contributed by atoms with Gasteiger partial charge in [-0.25, -0.2) is 0 Å². The summed E-state index contributed by atoms with van der Waals surface area (Å²) < 4.78 is 12.1. The van der Waals surface area contributed by atoms with E-state index in [0.717, 1.165) is 24.9 Å². The lowest BCUT2D eigenvalue weighted by molar-refractivity contribution is -0.0878. The number of carbonyl (C=O) groups excluding carboxylic acids is 1. The SMILES string of the molecule is CN(C)C[C@H]1CC[C@@]2(COCCN(C(=O)c3ccsc3)C2)O1. The second-order valence-corrected chi connectivity index (χ2v) is 7.30. The minimum absolute atomic E-state index is 0.0887. The molecule has 1 aromatic rings. The first kappa shape index (κ1) is 15.9. The topological polar surface area (TPSA) is 42.0 Å². The van der Waals surface area contributed by atoms with Gasteiger partial charge in [0, 0.05) is 18.5 Å². The van der Waals surface area contributed by atoms with Crippen LogP contribution in [0.4, 0.5) is 0 Å². The molecule has 0 radical (unpaired) electrons. The van der Waals surface area contributed by atoms with E-state index in [-0.39, 0.29) is 17.6 Å². The molecule has 1 spiro atoms. The molecule has 2 fully saturated rings. The standard InChI is InChI=1S/C16H24N2O3S/c1-17(2)9-14-3-5-16(21-14)11-18(6-7-20-12-16)15(19)13-4-8-22-10-13/h4,8,10,14H,3,5-7,9,11-12H2,1-2H3/t14-,16-/m1/s1. The van der Waals surface area contributed by atoms with Gasteiger partial charge >= 0.3 is 0 Å². The predicted octanol–water partition coefficient (Wildman–Crippen LogP) is 1.70. The molecular weight excluding hydrogens is 300 g/mol. The average Bonchev–Trinajstić information content (AvgIpc) is 3.07. The number of ether oxygens (including phenoxy) is 2. The van der Waals surface area contributed by atoms with E-state index in [4.69, 9.17) is 9.47 Å². The summed E-state index contributed by atoms with van der Waals surface area (Å²) in [5.74, 6) is 0.0887. The molecular formula is C16H24N2O3S. The van der Waals surface area contributed by atoms with Crippen molar-refractivity contribution in [3.63, 3.8) is 0 Å². The van der Waals surface area contributed by atoms with E-state index in [9.17, 15) is 4.79 Å². The normalized spacial score (nSPS) is 29.2. The van der Waals surface area contributed by atoms with Gasteiger partial charge in [-0.15, -0.1) is 0 Å². The molecule has 1 aromatic heterocycles. The minimum atomic E-state index is -0.330. The highest BCUT2D eigenvalue weighted by Gasteiger charge is 2.44. The average molecular weight is 324 g/mol. The minimum Gasteiger partial charge on any atom is -0.377 e. The first-order chi connectivity index (χ1) is 10.6. The molecule has 0 saturated carbocycles. The van der Waals surface area contributed by atoms with Crippen molar-refractivity contribution in [2.75, 3.05) is 46.9 Å². The molecule has 0 aromatic carbocycles. The van der Waals surface area contributed by atoms with Gasteiger partial charge in [0.1, 0.15) is 5.60 Å². The van der Waals surface area contributed by atoms with E-state index in [1.54, 1.807) is 11.3 Å². The molecule has 122 valence electrons. The zero-order valence-electron chi connectivity index (χ0n) is 13.3. The van der Waals surface area contributed by atoms with Gasteiger partial charge < -0.3 is 19.3 Å². The van der Waals surface area contributed by atoms with E-state index < -0.39 is 0 Å². The van der Waals surface area contributed by atoms with Crippen molar-refractivity contribution in [2.45, 2.75) is 24.5 Å². The molecule has 3 rings (SSSR count). The fourth-order valence-electron chi connectivity index (χ4n) is 3.30. The highest BCUT2D eigenvalue weighted by Crippen LogP contribution is 2.33. The molecule has 2 aliphatic rings. The molecule has 0 unspecified atom stereocenters. The van der Waals surface area contributed by atoms with Crippen molar-refractivity contribution in [3.05, 3.63) is 22.4 Å². The molecule has 0 aliphatic carbocycles. The fraction of sp³-hybridized carbons (Fsp3) is 0.688. The monoisotopic (exact) mass is 324 g/mol. The lowest BCUT2D eigenvalue weighted by Gasteiger charge is -2.32. The number of hydrogen-bond acceptors (Lipinski definition) is 5. The highest BCUT2D eigenvalue weighted by atomic mass is 32.1. The molecule has 0 bridgehead atoms. The molecule has 0 N–H and O–H groups in total. The van der Waals surface area contributed by atoms with Crippen LogP contribution in [0.25, 0.3) is 0 Å². The van der Waals surface area contributed by atoms with Gasteiger partial charge in [0.15, 0.2) is 0 Å². The number of nitrogens with zero attached hydrogens (tertiary/aromatic N) is 2. The Balaban J connectivity index is 1.69. The Morgan fingerprint density at radius 1 is 1.55 bits per heavy atom. The smallest absolute Gasteiger partial charge is 0.254 e. The number of likely N-dealkylation sites (N-methyl/N-ethyl adjacent to an activating group) is 1. The maximum absolute atomic E-state index is 12.6. The molecule has 2 saturated heterocycles. The Labute approximate surface area is 135 Å². The van der Waals surface area contributed by atoms with Crippen LogP contribution >= 0.6 is 11.3 Å². The van der Waals surface area contributed by atoms with Gasteiger partial charge in [-0.3, -0.25) is 4.79 Å². The summed E-state index contributed by atoms with van der Waals surface area (Å²) in [6.07, 6.45) is 2.22. The Morgan fingerprint density at radius 3 is 3.14 bits per heavy atom. The quantitative estimate of drug-likeness (QED) is 0.849. The second-order valence-electron chi connectivity index (χ2n) is 6.52. The molecule has 3 heterocycles. The molecule has 5 nitrogen and oxygen atoms in total. The number of rotatable bonds is 3. The van der Waals surface area contributed by atoms with Gasteiger partial charge in [0.2, 0.25) is 0 Å². The Morgan fingerprint density at radius 2 is 2.41 bits per heavy atom. The van der Waals surface area contributed by atoms with Crippen molar-refractivity contribution in [3.8, 4) is 0 Å². The lowest BCUT2D eigenvalue weighted by atomic mass is 10.00. The molecule has 2 aliphatic heterocycles. The zero-order valence-corrected chi connectivity index (χ0v) is 14.1. The first-order valence-electron chi connectivity index (χ1n) is 7.80. The summed E-state index contributed by atoms with van der Waals surface area (Å²) in [7, 11) is 4.12. The maximum atomic E-state index is 12.6. The highest BCUT2D eigenvalue weighted by molar-refractivity contribution is 7.08. The number of carbonyl (C=O) groups is 1.